The molecule has 8 rings (SSSR count). The molecule has 0 aromatic heterocycles. The SMILES string of the molecule is C=CCN1CC[C@]23c4c5ccc(O)c4O[C@H]2[C@H](N(CCCCCCc2ccccc2)CC(c2ccccc2)c2ccccc2)CC[C@@]3(O)[C@H]1C5. The number of nitrogens with zero attached hydrogens (tertiary/aromatic N) is 2. The Morgan fingerprint density at radius 1 is 0.860 bits per heavy atom. The number of aromatic hydroxyl groups is 1. The maximum Gasteiger partial charge on any atom is 0.165 e. The van der Waals surface area contributed by atoms with Gasteiger partial charge in [-0.2, -0.15) is 0 Å². The second-order valence-electron chi connectivity index (χ2n) is 15.3. The van der Waals surface area contributed by atoms with Gasteiger partial charge < -0.3 is 14.9 Å². The van der Waals surface area contributed by atoms with Crippen molar-refractivity contribution in [2.24, 2.45) is 0 Å². The quantitative estimate of drug-likeness (QED) is 0.105. The normalized spacial score (nSPS) is 26.5. The number of unbranched alkanes of at least 4 members (excludes halogenated alkanes) is 3. The van der Waals surface area contributed by atoms with Crippen molar-refractivity contribution in [2.45, 2.75) is 92.9 Å². The number of aryl methyl sites for hydroxylation is 1. The average Bonchev–Trinajstić information content (AvgIpc) is 3.51. The molecule has 4 aromatic rings. The van der Waals surface area contributed by atoms with E-state index >= 15 is 0 Å². The van der Waals surface area contributed by atoms with Gasteiger partial charge >= 0.3 is 0 Å². The third kappa shape index (κ3) is 5.68. The van der Waals surface area contributed by atoms with Crippen LogP contribution in [0.2, 0.25) is 0 Å². The fourth-order valence-corrected chi connectivity index (χ4v) is 10.4. The van der Waals surface area contributed by atoms with E-state index in [1.807, 2.05) is 12.1 Å². The van der Waals surface area contributed by atoms with E-state index in [4.69, 9.17) is 4.74 Å². The van der Waals surface area contributed by atoms with E-state index in [1.54, 1.807) is 0 Å². The van der Waals surface area contributed by atoms with Crippen molar-refractivity contribution < 1.29 is 14.9 Å². The molecule has 2 fully saturated rings. The molecule has 2 bridgehead atoms. The highest BCUT2D eigenvalue weighted by Crippen LogP contribution is 2.66. The van der Waals surface area contributed by atoms with Gasteiger partial charge in [0.05, 0.1) is 11.0 Å². The van der Waals surface area contributed by atoms with Gasteiger partial charge in [-0.25, -0.2) is 0 Å². The van der Waals surface area contributed by atoms with Crippen molar-refractivity contribution >= 4 is 0 Å². The summed E-state index contributed by atoms with van der Waals surface area (Å²) in [4.78, 5) is 5.17. The number of rotatable bonds is 14. The third-order valence-corrected chi connectivity index (χ3v) is 12.7. The summed E-state index contributed by atoms with van der Waals surface area (Å²) < 4.78 is 7.06. The average molecular weight is 669 g/mol. The first kappa shape index (κ1) is 33.3. The van der Waals surface area contributed by atoms with Gasteiger partial charge in [0.15, 0.2) is 11.5 Å². The highest BCUT2D eigenvalue weighted by Gasteiger charge is 2.73. The molecule has 260 valence electrons. The predicted octanol–water partition coefficient (Wildman–Crippen LogP) is 8.04. The molecule has 0 amide bonds. The van der Waals surface area contributed by atoms with Gasteiger partial charge in [0.25, 0.3) is 0 Å². The van der Waals surface area contributed by atoms with Crippen LogP contribution in [0.25, 0.3) is 0 Å². The fraction of sp³-hybridized carbons (Fsp3) is 0.422. The molecule has 2 N–H and O–H groups in total. The maximum atomic E-state index is 13.0. The molecule has 1 saturated heterocycles. The Bertz CT molecular complexity index is 1720. The molecule has 0 unspecified atom stereocenters. The lowest BCUT2D eigenvalue weighted by Gasteiger charge is -2.65. The minimum Gasteiger partial charge on any atom is -0.504 e. The van der Waals surface area contributed by atoms with E-state index in [9.17, 15) is 10.2 Å². The topological polar surface area (TPSA) is 56.2 Å². The van der Waals surface area contributed by atoms with Crippen LogP contribution in [0.1, 0.15) is 78.7 Å². The number of piperidine rings is 1. The summed E-state index contributed by atoms with van der Waals surface area (Å²) in [5.74, 6) is 1.03. The molecule has 5 heteroatoms. The molecule has 4 aromatic carbocycles. The zero-order valence-electron chi connectivity index (χ0n) is 29.3. The Morgan fingerprint density at radius 3 is 2.24 bits per heavy atom. The second kappa shape index (κ2) is 14.0. The third-order valence-electron chi connectivity index (χ3n) is 12.7. The Kier molecular flexibility index (Phi) is 9.32. The van der Waals surface area contributed by atoms with E-state index in [1.165, 1.54) is 41.5 Å². The lowest BCUT2D eigenvalue weighted by atomic mass is 9.48. The lowest BCUT2D eigenvalue weighted by molar-refractivity contribution is -0.198. The number of likely N-dealkylation sites (tertiary alicyclic amines) is 1. The highest BCUT2D eigenvalue weighted by molar-refractivity contribution is 5.62. The Labute approximate surface area is 298 Å². The molecule has 50 heavy (non-hydrogen) atoms. The number of phenols is 1. The van der Waals surface area contributed by atoms with Crippen LogP contribution in [0.4, 0.5) is 0 Å². The Balaban J connectivity index is 1.12. The van der Waals surface area contributed by atoms with E-state index < -0.39 is 11.0 Å². The van der Waals surface area contributed by atoms with Crippen molar-refractivity contribution in [1.82, 2.24) is 9.80 Å². The van der Waals surface area contributed by atoms with E-state index in [-0.39, 0.29) is 29.9 Å². The summed E-state index contributed by atoms with van der Waals surface area (Å²) in [7, 11) is 0. The summed E-state index contributed by atoms with van der Waals surface area (Å²) in [6.45, 7) is 7.56. The number of hydrogen-bond acceptors (Lipinski definition) is 5. The predicted molar refractivity (Wildman–Crippen MR) is 201 cm³/mol. The van der Waals surface area contributed by atoms with Crippen molar-refractivity contribution in [3.8, 4) is 11.5 Å². The highest BCUT2D eigenvalue weighted by atomic mass is 16.5. The molecule has 0 radical (unpaired) electrons. The monoisotopic (exact) mass is 668 g/mol. The number of aliphatic hydroxyl groups is 1. The second-order valence-corrected chi connectivity index (χ2v) is 15.3. The van der Waals surface area contributed by atoms with Gasteiger partial charge in [0.2, 0.25) is 0 Å². The number of ether oxygens (including phenoxy) is 1. The van der Waals surface area contributed by atoms with Crippen molar-refractivity contribution in [2.75, 3.05) is 26.2 Å². The van der Waals surface area contributed by atoms with Gasteiger partial charge in [-0.15, -0.1) is 6.58 Å². The van der Waals surface area contributed by atoms with Gasteiger partial charge in [-0.05, 0) is 86.4 Å². The smallest absolute Gasteiger partial charge is 0.165 e. The van der Waals surface area contributed by atoms with Gasteiger partial charge in [-0.1, -0.05) is 116 Å². The molecule has 2 heterocycles. The minimum atomic E-state index is -0.928. The number of phenolic OH excluding ortho intramolecular Hbond substituents is 1. The van der Waals surface area contributed by atoms with Gasteiger partial charge in [0.1, 0.15) is 6.10 Å². The van der Waals surface area contributed by atoms with Crippen LogP contribution in [-0.4, -0.2) is 70.0 Å². The fourth-order valence-electron chi connectivity index (χ4n) is 10.4. The first-order valence-corrected chi connectivity index (χ1v) is 19.0. The molecule has 4 aliphatic rings. The lowest BCUT2D eigenvalue weighted by Crippen LogP contribution is -2.78. The number of benzene rings is 4. The standard InChI is InChI=1S/C45H52N2O3/c1-2-28-46-30-27-44-41-36-23-24-39(48)42(41)50-43(44)38(25-26-45(44,49)40(46)31-36)47(29-15-4-3-8-16-33-17-9-5-10-18-33)32-37(34-19-11-6-12-20-34)35-21-13-7-14-22-35/h2,5-7,9-14,17-24,37-38,40,43,48-49H,1,3-4,8,15-16,25-32H2/t38-,40-,43+,44+,45-/m1/s1. The minimum absolute atomic E-state index is 0.00347. The molecule has 1 saturated carbocycles. The summed E-state index contributed by atoms with van der Waals surface area (Å²) >= 11 is 0. The molecule has 5 nitrogen and oxygen atoms in total. The Hall–Kier alpha value is -3.90. The molecular formula is C45H52N2O3. The van der Waals surface area contributed by atoms with Crippen LogP contribution in [0.3, 0.4) is 0 Å². The molecule has 2 aliphatic carbocycles. The first-order valence-electron chi connectivity index (χ1n) is 19.0. The van der Waals surface area contributed by atoms with Crippen LogP contribution in [0, 0.1) is 0 Å². The van der Waals surface area contributed by atoms with Crippen LogP contribution in [0.15, 0.2) is 116 Å². The molecule has 5 atom stereocenters. The van der Waals surface area contributed by atoms with Crippen LogP contribution >= 0.6 is 0 Å². The largest absolute Gasteiger partial charge is 0.504 e. The van der Waals surface area contributed by atoms with Crippen LogP contribution < -0.4 is 4.74 Å². The maximum absolute atomic E-state index is 13.0. The summed E-state index contributed by atoms with van der Waals surface area (Å²) in [5, 5.41) is 24.3. The molecule has 1 spiro atoms. The van der Waals surface area contributed by atoms with E-state index in [0.717, 1.165) is 70.3 Å². The van der Waals surface area contributed by atoms with Crippen molar-refractivity contribution in [3.63, 3.8) is 0 Å². The molecular weight excluding hydrogens is 617 g/mol. The van der Waals surface area contributed by atoms with E-state index in [0.29, 0.717) is 5.75 Å². The summed E-state index contributed by atoms with van der Waals surface area (Å²) in [5.41, 5.74) is 4.90. The van der Waals surface area contributed by atoms with E-state index in [2.05, 4.69) is 113 Å². The summed E-state index contributed by atoms with van der Waals surface area (Å²) in [6, 6.07) is 36.7. The van der Waals surface area contributed by atoms with Crippen LogP contribution in [-0.2, 0) is 18.3 Å². The van der Waals surface area contributed by atoms with Gasteiger partial charge in [-0.3, -0.25) is 9.80 Å². The van der Waals surface area contributed by atoms with Crippen molar-refractivity contribution in [3.05, 3.63) is 144 Å². The Morgan fingerprint density at radius 2 is 1.54 bits per heavy atom. The van der Waals surface area contributed by atoms with Crippen molar-refractivity contribution in [1.29, 1.82) is 0 Å². The van der Waals surface area contributed by atoms with Gasteiger partial charge in [0, 0.05) is 36.7 Å². The molecule has 2 aliphatic heterocycles. The zero-order chi connectivity index (χ0) is 34.1. The first-order chi connectivity index (χ1) is 24.5. The van der Waals surface area contributed by atoms with Crippen LogP contribution in [0.5, 0.6) is 11.5 Å². The number of hydrogen-bond donors (Lipinski definition) is 2. The zero-order valence-corrected chi connectivity index (χ0v) is 29.3. The summed E-state index contributed by atoms with van der Waals surface area (Å²) in [6.07, 6.45) is 10.7.